The van der Waals surface area contributed by atoms with Crippen LogP contribution in [0.15, 0.2) is 55.2 Å². The summed E-state index contributed by atoms with van der Waals surface area (Å²) < 4.78 is 16.0. The van der Waals surface area contributed by atoms with E-state index in [9.17, 15) is 9.18 Å². The van der Waals surface area contributed by atoms with Crippen molar-refractivity contribution in [3.05, 3.63) is 78.1 Å². The van der Waals surface area contributed by atoms with Crippen LogP contribution in [-0.4, -0.2) is 43.4 Å². The largest absolute Gasteiger partial charge is 0.338 e. The average Bonchev–Trinajstić information content (AvgIpc) is 3.17. The normalized spacial score (nSPS) is 17.1. The summed E-state index contributed by atoms with van der Waals surface area (Å²) in [6, 6.07) is 7.26. The highest BCUT2D eigenvalue weighted by molar-refractivity contribution is 5.94. The summed E-state index contributed by atoms with van der Waals surface area (Å²) in [7, 11) is 0. The van der Waals surface area contributed by atoms with Crippen molar-refractivity contribution >= 4 is 5.91 Å². The predicted octanol–water partition coefficient (Wildman–Crippen LogP) is 2.88. The molecule has 0 saturated carbocycles. The van der Waals surface area contributed by atoms with Crippen LogP contribution in [-0.2, 0) is 6.54 Å². The molecule has 4 rings (SSSR count). The lowest BCUT2D eigenvalue weighted by molar-refractivity contribution is 0.0698. The summed E-state index contributed by atoms with van der Waals surface area (Å²) in [6.07, 6.45) is 9.82. The number of piperidine rings is 1. The Morgan fingerprint density at radius 3 is 2.93 bits per heavy atom. The molecule has 0 aliphatic carbocycles. The molecule has 1 aliphatic heterocycles. The van der Waals surface area contributed by atoms with Crippen molar-refractivity contribution < 1.29 is 9.18 Å². The molecule has 7 heteroatoms. The van der Waals surface area contributed by atoms with Gasteiger partial charge in [0.25, 0.3) is 5.91 Å². The van der Waals surface area contributed by atoms with Gasteiger partial charge < -0.3 is 9.47 Å². The first kappa shape index (κ1) is 17.3. The Bertz CT molecular complexity index is 927. The minimum Gasteiger partial charge on any atom is -0.338 e. The van der Waals surface area contributed by atoms with E-state index in [0.717, 1.165) is 30.6 Å². The molecule has 1 amide bonds. The lowest BCUT2D eigenvalue weighted by atomic mass is 9.96. The Balaban J connectivity index is 1.52. The molecule has 4 heterocycles. The molecular formula is C20H20FN5O. The summed E-state index contributed by atoms with van der Waals surface area (Å²) in [4.78, 5) is 27.1. The maximum absolute atomic E-state index is 13.9. The zero-order valence-corrected chi connectivity index (χ0v) is 14.8. The van der Waals surface area contributed by atoms with Gasteiger partial charge in [0.2, 0.25) is 0 Å². The van der Waals surface area contributed by atoms with E-state index >= 15 is 0 Å². The van der Waals surface area contributed by atoms with Crippen molar-refractivity contribution in [3.63, 3.8) is 0 Å². The van der Waals surface area contributed by atoms with Crippen LogP contribution in [0, 0.1) is 5.82 Å². The van der Waals surface area contributed by atoms with Gasteiger partial charge in [-0.1, -0.05) is 6.07 Å². The van der Waals surface area contributed by atoms with Gasteiger partial charge in [0.15, 0.2) is 5.82 Å². The number of carbonyl (C=O) groups is 1. The Labute approximate surface area is 156 Å². The number of carbonyl (C=O) groups excluding carboxylic acids is 1. The maximum Gasteiger partial charge on any atom is 0.256 e. The van der Waals surface area contributed by atoms with Gasteiger partial charge in [-0.05, 0) is 31.0 Å². The van der Waals surface area contributed by atoms with Crippen LogP contribution in [0.5, 0.6) is 0 Å². The van der Waals surface area contributed by atoms with Crippen molar-refractivity contribution in [2.24, 2.45) is 0 Å². The molecule has 27 heavy (non-hydrogen) atoms. The van der Waals surface area contributed by atoms with E-state index < -0.39 is 5.82 Å². The zero-order chi connectivity index (χ0) is 18.6. The Kier molecular flexibility index (Phi) is 4.91. The molecule has 0 bridgehead atoms. The second-order valence-corrected chi connectivity index (χ2v) is 6.68. The van der Waals surface area contributed by atoms with Gasteiger partial charge in [-0.2, -0.15) is 0 Å². The van der Waals surface area contributed by atoms with E-state index in [2.05, 4.69) is 19.5 Å². The van der Waals surface area contributed by atoms with E-state index in [0.29, 0.717) is 19.6 Å². The summed E-state index contributed by atoms with van der Waals surface area (Å²) in [5.74, 6) is 0.184. The highest BCUT2D eigenvalue weighted by atomic mass is 19.1. The first-order valence-electron chi connectivity index (χ1n) is 9.02. The fourth-order valence-corrected chi connectivity index (χ4v) is 3.57. The predicted molar refractivity (Wildman–Crippen MR) is 97.6 cm³/mol. The summed E-state index contributed by atoms with van der Waals surface area (Å²) >= 11 is 0. The molecule has 138 valence electrons. The van der Waals surface area contributed by atoms with Gasteiger partial charge >= 0.3 is 0 Å². The van der Waals surface area contributed by atoms with Crippen LogP contribution >= 0.6 is 0 Å². The van der Waals surface area contributed by atoms with Crippen molar-refractivity contribution in [2.45, 2.75) is 25.3 Å². The number of pyridine rings is 2. The molecule has 3 aromatic rings. The van der Waals surface area contributed by atoms with Crippen LogP contribution in [0.4, 0.5) is 4.39 Å². The van der Waals surface area contributed by atoms with E-state index in [1.54, 1.807) is 17.3 Å². The number of hydrogen-bond donors (Lipinski definition) is 0. The monoisotopic (exact) mass is 365 g/mol. The molecule has 0 spiro atoms. The van der Waals surface area contributed by atoms with E-state index in [-0.39, 0.29) is 17.4 Å². The highest BCUT2D eigenvalue weighted by Gasteiger charge is 2.29. The third-order valence-electron chi connectivity index (χ3n) is 4.88. The maximum atomic E-state index is 13.9. The van der Waals surface area contributed by atoms with Gasteiger partial charge in [-0.25, -0.2) is 9.37 Å². The molecule has 1 fully saturated rings. The minimum atomic E-state index is -0.582. The fraction of sp³-hybridized carbons (Fsp3) is 0.300. The number of hydrogen-bond acceptors (Lipinski definition) is 4. The number of amides is 1. The molecule has 1 unspecified atom stereocenters. The molecular weight excluding hydrogens is 345 g/mol. The zero-order valence-electron chi connectivity index (χ0n) is 14.8. The van der Waals surface area contributed by atoms with E-state index in [1.807, 2.05) is 24.4 Å². The van der Waals surface area contributed by atoms with Crippen LogP contribution in [0.1, 0.15) is 40.6 Å². The lowest BCUT2D eigenvalue weighted by Crippen LogP contribution is -2.40. The summed E-state index contributed by atoms with van der Waals surface area (Å²) in [6.45, 7) is 1.79. The minimum absolute atomic E-state index is 0.0717. The van der Waals surface area contributed by atoms with Crippen molar-refractivity contribution in [1.82, 2.24) is 24.4 Å². The van der Waals surface area contributed by atoms with Gasteiger partial charge in [0, 0.05) is 43.8 Å². The summed E-state index contributed by atoms with van der Waals surface area (Å²) in [5, 5.41) is 0. The van der Waals surface area contributed by atoms with Gasteiger partial charge in [-0.3, -0.25) is 14.8 Å². The highest BCUT2D eigenvalue weighted by Crippen LogP contribution is 2.27. The topological polar surface area (TPSA) is 63.9 Å². The third-order valence-corrected chi connectivity index (χ3v) is 4.88. The quantitative estimate of drug-likeness (QED) is 0.713. The van der Waals surface area contributed by atoms with Crippen molar-refractivity contribution in [2.75, 3.05) is 13.1 Å². The number of nitrogens with zero attached hydrogens (tertiary/aromatic N) is 5. The number of rotatable bonds is 4. The number of likely N-dealkylation sites (tertiary alicyclic amines) is 1. The SMILES string of the molecule is O=C(c1ccncc1F)N1CCCC(c2nccn2Cc2ccccn2)C1. The number of aromatic nitrogens is 4. The molecule has 3 aromatic heterocycles. The van der Waals surface area contributed by atoms with E-state index in [1.165, 1.54) is 12.3 Å². The smallest absolute Gasteiger partial charge is 0.256 e. The van der Waals surface area contributed by atoms with Crippen LogP contribution < -0.4 is 0 Å². The number of halogens is 1. The molecule has 0 N–H and O–H groups in total. The van der Waals surface area contributed by atoms with Gasteiger partial charge in [0.1, 0.15) is 5.82 Å². The fourth-order valence-electron chi connectivity index (χ4n) is 3.57. The van der Waals surface area contributed by atoms with Crippen molar-refractivity contribution in [3.8, 4) is 0 Å². The number of imidazole rings is 1. The standard InChI is InChI=1S/C20H20FN5O/c21-18-12-22-8-6-17(18)20(27)26-10-3-4-15(13-26)19-24-9-11-25(19)14-16-5-1-2-7-23-16/h1-2,5-9,11-12,15H,3-4,10,13-14H2. The lowest BCUT2D eigenvalue weighted by Gasteiger charge is -2.32. The first-order chi connectivity index (χ1) is 13.2. The molecule has 6 nitrogen and oxygen atoms in total. The third kappa shape index (κ3) is 3.72. The van der Waals surface area contributed by atoms with Crippen molar-refractivity contribution in [1.29, 1.82) is 0 Å². The molecule has 0 radical (unpaired) electrons. The Hall–Kier alpha value is -3.09. The van der Waals surface area contributed by atoms with Crippen LogP contribution in [0.25, 0.3) is 0 Å². The van der Waals surface area contributed by atoms with Crippen LogP contribution in [0.3, 0.4) is 0 Å². The second-order valence-electron chi connectivity index (χ2n) is 6.68. The Morgan fingerprint density at radius 2 is 2.11 bits per heavy atom. The van der Waals surface area contributed by atoms with Gasteiger partial charge in [-0.15, -0.1) is 0 Å². The Morgan fingerprint density at radius 1 is 1.19 bits per heavy atom. The summed E-state index contributed by atoms with van der Waals surface area (Å²) in [5.41, 5.74) is 1.03. The molecule has 1 saturated heterocycles. The molecule has 1 aliphatic rings. The second kappa shape index (κ2) is 7.65. The van der Waals surface area contributed by atoms with E-state index in [4.69, 9.17) is 0 Å². The molecule has 0 aromatic carbocycles. The first-order valence-corrected chi connectivity index (χ1v) is 9.02. The van der Waals surface area contributed by atoms with Gasteiger partial charge in [0.05, 0.1) is 24.0 Å². The average molecular weight is 365 g/mol. The molecule has 1 atom stereocenters. The van der Waals surface area contributed by atoms with Crippen LogP contribution in [0.2, 0.25) is 0 Å².